The maximum absolute atomic E-state index is 13.7. The standard InChI is InChI=1S/C17H20FN/c1-13-6-2-3-7-15(13)10-14(12-19)11-16-8-4-5-9-17(16)18/h2-9,14H,10-12,19H2,1H3. The van der Waals surface area contributed by atoms with E-state index in [1.807, 2.05) is 24.3 Å². The summed E-state index contributed by atoms with van der Waals surface area (Å²) in [6.07, 6.45) is 1.59. The largest absolute Gasteiger partial charge is 0.330 e. The second kappa shape index (κ2) is 6.48. The third-order valence-corrected chi connectivity index (χ3v) is 3.57. The Morgan fingerprint density at radius 1 is 0.947 bits per heavy atom. The van der Waals surface area contributed by atoms with Gasteiger partial charge in [0.05, 0.1) is 0 Å². The second-order valence-corrected chi connectivity index (χ2v) is 5.03. The molecule has 0 saturated carbocycles. The molecule has 1 unspecified atom stereocenters. The van der Waals surface area contributed by atoms with Crippen LogP contribution in [-0.2, 0) is 12.8 Å². The van der Waals surface area contributed by atoms with Crippen molar-refractivity contribution in [3.05, 3.63) is 71.0 Å². The number of benzene rings is 2. The van der Waals surface area contributed by atoms with E-state index < -0.39 is 0 Å². The van der Waals surface area contributed by atoms with Gasteiger partial charge in [0.2, 0.25) is 0 Å². The molecule has 19 heavy (non-hydrogen) atoms. The van der Waals surface area contributed by atoms with Gasteiger partial charge in [0, 0.05) is 0 Å². The van der Waals surface area contributed by atoms with Crippen LogP contribution in [0.2, 0.25) is 0 Å². The predicted octanol–water partition coefficient (Wildman–Crippen LogP) is 3.49. The fraction of sp³-hybridized carbons (Fsp3) is 0.294. The number of hydrogen-bond acceptors (Lipinski definition) is 1. The summed E-state index contributed by atoms with van der Waals surface area (Å²) in [4.78, 5) is 0. The van der Waals surface area contributed by atoms with Crippen molar-refractivity contribution < 1.29 is 4.39 Å². The van der Waals surface area contributed by atoms with E-state index in [4.69, 9.17) is 5.73 Å². The van der Waals surface area contributed by atoms with Gasteiger partial charge in [-0.2, -0.15) is 0 Å². The first-order chi connectivity index (χ1) is 9.20. The maximum Gasteiger partial charge on any atom is 0.126 e. The van der Waals surface area contributed by atoms with Crippen LogP contribution >= 0.6 is 0 Å². The molecule has 0 heterocycles. The van der Waals surface area contributed by atoms with Gasteiger partial charge in [-0.25, -0.2) is 4.39 Å². The normalized spacial score (nSPS) is 12.4. The molecule has 2 aromatic carbocycles. The van der Waals surface area contributed by atoms with Gasteiger partial charge < -0.3 is 5.73 Å². The fourth-order valence-corrected chi connectivity index (χ4v) is 2.36. The zero-order chi connectivity index (χ0) is 13.7. The van der Waals surface area contributed by atoms with Gasteiger partial charge in [-0.05, 0) is 55.0 Å². The summed E-state index contributed by atoms with van der Waals surface area (Å²) in [5.74, 6) is 0.142. The molecule has 0 amide bonds. The van der Waals surface area contributed by atoms with Crippen molar-refractivity contribution in [3.63, 3.8) is 0 Å². The van der Waals surface area contributed by atoms with E-state index in [9.17, 15) is 4.39 Å². The minimum Gasteiger partial charge on any atom is -0.330 e. The van der Waals surface area contributed by atoms with Crippen LogP contribution in [0.4, 0.5) is 4.39 Å². The summed E-state index contributed by atoms with van der Waals surface area (Å²) < 4.78 is 13.7. The topological polar surface area (TPSA) is 26.0 Å². The van der Waals surface area contributed by atoms with E-state index in [0.29, 0.717) is 13.0 Å². The Bertz CT molecular complexity index is 489. The Labute approximate surface area is 114 Å². The number of nitrogens with two attached hydrogens (primary N) is 1. The van der Waals surface area contributed by atoms with Gasteiger partial charge in [0.15, 0.2) is 0 Å². The van der Waals surface area contributed by atoms with Crippen LogP contribution in [0.15, 0.2) is 48.5 Å². The highest BCUT2D eigenvalue weighted by molar-refractivity contribution is 5.26. The minimum absolute atomic E-state index is 0.134. The minimum atomic E-state index is -0.134. The first-order valence-corrected chi connectivity index (χ1v) is 6.68. The number of aryl methyl sites for hydroxylation is 1. The van der Waals surface area contributed by atoms with E-state index in [-0.39, 0.29) is 11.7 Å². The zero-order valence-corrected chi connectivity index (χ0v) is 11.3. The zero-order valence-electron chi connectivity index (χ0n) is 11.3. The van der Waals surface area contributed by atoms with E-state index in [1.54, 1.807) is 6.07 Å². The summed E-state index contributed by atoms with van der Waals surface area (Å²) >= 11 is 0. The number of rotatable bonds is 5. The molecule has 0 aromatic heterocycles. The average molecular weight is 257 g/mol. The summed E-state index contributed by atoms with van der Waals surface area (Å²) in [5, 5.41) is 0. The molecule has 0 saturated heterocycles. The molecule has 2 N–H and O–H groups in total. The van der Waals surface area contributed by atoms with Crippen molar-refractivity contribution in [2.75, 3.05) is 6.54 Å². The molecular weight excluding hydrogens is 237 g/mol. The molecule has 1 atom stereocenters. The Kier molecular flexibility index (Phi) is 4.69. The van der Waals surface area contributed by atoms with E-state index >= 15 is 0 Å². The van der Waals surface area contributed by atoms with Crippen molar-refractivity contribution in [3.8, 4) is 0 Å². The Hall–Kier alpha value is -1.67. The lowest BCUT2D eigenvalue weighted by Crippen LogP contribution is -2.20. The van der Waals surface area contributed by atoms with Crippen LogP contribution < -0.4 is 5.73 Å². The Morgan fingerprint density at radius 2 is 1.53 bits per heavy atom. The lowest BCUT2D eigenvalue weighted by molar-refractivity contribution is 0.511. The average Bonchev–Trinajstić information content (AvgIpc) is 2.42. The number of hydrogen-bond donors (Lipinski definition) is 1. The molecule has 2 heteroatoms. The molecule has 0 fully saturated rings. The Morgan fingerprint density at radius 3 is 2.16 bits per heavy atom. The molecule has 0 aliphatic carbocycles. The highest BCUT2D eigenvalue weighted by Crippen LogP contribution is 2.18. The summed E-state index contributed by atoms with van der Waals surface area (Å²) in [5.41, 5.74) is 9.18. The summed E-state index contributed by atoms with van der Waals surface area (Å²) in [6, 6.07) is 15.3. The van der Waals surface area contributed by atoms with Gasteiger partial charge in [0.1, 0.15) is 5.82 Å². The van der Waals surface area contributed by atoms with Crippen molar-refractivity contribution in [1.82, 2.24) is 0 Å². The molecule has 2 rings (SSSR count). The van der Waals surface area contributed by atoms with Gasteiger partial charge >= 0.3 is 0 Å². The fourth-order valence-electron chi connectivity index (χ4n) is 2.36. The van der Waals surface area contributed by atoms with E-state index in [2.05, 4.69) is 19.1 Å². The molecule has 2 aromatic rings. The van der Waals surface area contributed by atoms with Crippen molar-refractivity contribution >= 4 is 0 Å². The summed E-state index contributed by atoms with van der Waals surface area (Å²) in [6.45, 7) is 2.68. The van der Waals surface area contributed by atoms with Crippen molar-refractivity contribution in [2.24, 2.45) is 11.7 Å². The highest BCUT2D eigenvalue weighted by Gasteiger charge is 2.12. The van der Waals surface area contributed by atoms with Crippen LogP contribution in [0.1, 0.15) is 16.7 Å². The van der Waals surface area contributed by atoms with E-state index in [0.717, 1.165) is 12.0 Å². The molecule has 0 aliphatic rings. The van der Waals surface area contributed by atoms with Crippen LogP contribution in [0, 0.1) is 18.7 Å². The predicted molar refractivity (Wildman–Crippen MR) is 77.5 cm³/mol. The number of halogens is 1. The second-order valence-electron chi connectivity index (χ2n) is 5.03. The monoisotopic (exact) mass is 257 g/mol. The van der Waals surface area contributed by atoms with Crippen LogP contribution in [0.3, 0.4) is 0 Å². The Balaban J connectivity index is 2.09. The van der Waals surface area contributed by atoms with Crippen LogP contribution in [-0.4, -0.2) is 6.54 Å². The van der Waals surface area contributed by atoms with Gasteiger partial charge in [-0.15, -0.1) is 0 Å². The lowest BCUT2D eigenvalue weighted by Gasteiger charge is -2.16. The lowest BCUT2D eigenvalue weighted by atomic mass is 9.91. The SMILES string of the molecule is Cc1ccccc1CC(CN)Cc1ccccc1F. The third kappa shape index (κ3) is 3.65. The molecule has 1 nitrogen and oxygen atoms in total. The maximum atomic E-state index is 13.7. The smallest absolute Gasteiger partial charge is 0.126 e. The van der Waals surface area contributed by atoms with Gasteiger partial charge in [-0.1, -0.05) is 42.5 Å². The summed E-state index contributed by atoms with van der Waals surface area (Å²) in [7, 11) is 0. The van der Waals surface area contributed by atoms with Crippen molar-refractivity contribution in [2.45, 2.75) is 19.8 Å². The van der Waals surface area contributed by atoms with Crippen LogP contribution in [0.25, 0.3) is 0 Å². The highest BCUT2D eigenvalue weighted by atomic mass is 19.1. The molecule has 0 aliphatic heterocycles. The van der Waals surface area contributed by atoms with Crippen molar-refractivity contribution in [1.29, 1.82) is 0 Å². The molecular formula is C17H20FN. The van der Waals surface area contributed by atoms with Gasteiger partial charge in [-0.3, -0.25) is 0 Å². The quantitative estimate of drug-likeness (QED) is 0.871. The molecule has 0 spiro atoms. The van der Waals surface area contributed by atoms with E-state index in [1.165, 1.54) is 17.2 Å². The van der Waals surface area contributed by atoms with Crippen LogP contribution in [0.5, 0.6) is 0 Å². The third-order valence-electron chi connectivity index (χ3n) is 3.57. The first kappa shape index (κ1) is 13.8. The molecule has 0 radical (unpaired) electrons. The van der Waals surface area contributed by atoms with Gasteiger partial charge in [0.25, 0.3) is 0 Å². The molecule has 100 valence electrons. The molecule has 0 bridgehead atoms. The first-order valence-electron chi connectivity index (χ1n) is 6.68.